The average Bonchev–Trinajstić information content (AvgIpc) is 2.82. The monoisotopic (exact) mass is 213 g/mol. The highest BCUT2D eigenvalue weighted by atomic mass is 16.3. The zero-order valence-electron chi connectivity index (χ0n) is 9.11. The fourth-order valence-electron chi connectivity index (χ4n) is 1.75. The van der Waals surface area contributed by atoms with E-state index < -0.39 is 0 Å². The van der Waals surface area contributed by atoms with Crippen LogP contribution in [0.3, 0.4) is 0 Å². The van der Waals surface area contributed by atoms with E-state index in [1.165, 1.54) is 0 Å². The van der Waals surface area contributed by atoms with Gasteiger partial charge in [-0.05, 0) is 32.0 Å². The largest absolute Gasteiger partial charge is 0.469 e. The highest BCUT2D eigenvalue weighted by molar-refractivity contribution is 5.76. The SMILES string of the molecule is Cc1ccc2[nH]c(-c3ccoc3C)nc2n1. The Hall–Kier alpha value is -2.10. The lowest BCUT2D eigenvalue weighted by atomic mass is 10.2. The number of hydrogen-bond acceptors (Lipinski definition) is 3. The first kappa shape index (κ1) is 9.15. The van der Waals surface area contributed by atoms with Gasteiger partial charge in [0.05, 0.1) is 17.3 Å². The number of imidazole rings is 1. The molecule has 0 aliphatic carbocycles. The molecule has 3 rings (SSSR count). The lowest BCUT2D eigenvalue weighted by Crippen LogP contribution is -1.81. The van der Waals surface area contributed by atoms with Crippen LogP contribution in [0.5, 0.6) is 0 Å². The minimum Gasteiger partial charge on any atom is -0.469 e. The predicted octanol–water partition coefficient (Wildman–Crippen LogP) is 2.83. The normalized spacial score (nSPS) is 11.1. The van der Waals surface area contributed by atoms with Crippen molar-refractivity contribution < 1.29 is 4.42 Å². The van der Waals surface area contributed by atoms with E-state index in [9.17, 15) is 0 Å². The van der Waals surface area contributed by atoms with Crippen molar-refractivity contribution in [3.63, 3.8) is 0 Å². The van der Waals surface area contributed by atoms with Gasteiger partial charge in [0, 0.05) is 5.69 Å². The maximum absolute atomic E-state index is 5.26. The number of aromatic nitrogens is 3. The van der Waals surface area contributed by atoms with Crippen LogP contribution in [0.15, 0.2) is 28.9 Å². The first-order valence-electron chi connectivity index (χ1n) is 5.12. The molecule has 3 aromatic rings. The van der Waals surface area contributed by atoms with Crippen LogP contribution in [0.1, 0.15) is 11.5 Å². The van der Waals surface area contributed by atoms with Crippen LogP contribution < -0.4 is 0 Å². The number of H-pyrrole nitrogens is 1. The lowest BCUT2D eigenvalue weighted by Gasteiger charge is -1.90. The van der Waals surface area contributed by atoms with Gasteiger partial charge in [0.1, 0.15) is 11.6 Å². The third kappa shape index (κ3) is 1.31. The Morgan fingerprint density at radius 1 is 1.12 bits per heavy atom. The van der Waals surface area contributed by atoms with Gasteiger partial charge in [0.2, 0.25) is 0 Å². The molecule has 0 saturated heterocycles. The number of nitrogens with zero attached hydrogens (tertiary/aromatic N) is 2. The molecule has 0 radical (unpaired) electrons. The van der Waals surface area contributed by atoms with Crippen molar-refractivity contribution in [2.24, 2.45) is 0 Å². The fourth-order valence-corrected chi connectivity index (χ4v) is 1.75. The van der Waals surface area contributed by atoms with E-state index in [0.29, 0.717) is 0 Å². The molecule has 4 heteroatoms. The molecule has 4 nitrogen and oxygen atoms in total. The standard InChI is InChI=1S/C12H11N3O/c1-7-3-4-10-12(13-7)15-11(14-10)9-5-6-16-8(9)2/h3-6H,1-2H3,(H,13,14,15). The summed E-state index contributed by atoms with van der Waals surface area (Å²) in [6, 6.07) is 5.86. The summed E-state index contributed by atoms with van der Waals surface area (Å²) in [5.41, 5.74) is 3.64. The zero-order chi connectivity index (χ0) is 11.1. The molecule has 0 saturated carbocycles. The van der Waals surface area contributed by atoms with Crippen molar-refractivity contribution in [3.05, 3.63) is 35.9 Å². The molecule has 0 bridgehead atoms. The predicted molar refractivity (Wildman–Crippen MR) is 61.1 cm³/mol. The molecule has 0 atom stereocenters. The molecule has 3 heterocycles. The summed E-state index contributed by atoms with van der Waals surface area (Å²) in [5.74, 6) is 1.66. The number of furan rings is 1. The van der Waals surface area contributed by atoms with Gasteiger partial charge in [0.25, 0.3) is 0 Å². The van der Waals surface area contributed by atoms with E-state index in [-0.39, 0.29) is 0 Å². The van der Waals surface area contributed by atoms with Gasteiger partial charge in [-0.25, -0.2) is 9.97 Å². The quantitative estimate of drug-likeness (QED) is 0.676. The van der Waals surface area contributed by atoms with E-state index >= 15 is 0 Å². The number of hydrogen-bond donors (Lipinski definition) is 1. The highest BCUT2D eigenvalue weighted by Gasteiger charge is 2.10. The lowest BCUT2D eigenvalue weighted by molar-refractivity contribution is 0.535. The molecule has 0 amide bonds. The van der Waals surface area contributed by atoms with Gasteiger partial charge in [-0.15, -0.1) is 0 Å². The van der Waals surface area contributed by atoms with Gasteiger partial charge in [0.15, 0.2) is 5.65 Å². The molecule has 0 spiro atoms. The Morgan fingerprint density at radius 2 is 2.00 bits per heavy atom. The summed E-state index contributed by atoms with van der Waals surface area (Å²) in [7, 11) is 0. The van der Waals surface area contributed by atoms with E-state index in [1.54, 1.807) is 6.26 Å². The average molecular weight is 213 g/mol. The Labute approximate surface area is 92.3 Å². The number of pyridine rings is 1. The molecule has 0 unspecified atom stereocenters. The molecule has 3 aromatic heterocycles. The Balaban J connectivity index is 2.23. The summed E-state index contributed by atoms with van der Waals surface area (Å²) in [6.07, 6.45) is 1.66. The van der Waals surface area contributed by atoms with Crippen molar-refractivity contribution in [1.29, 1.82) is 0 Å². The highest BCUT2D eigenvalue weighted by Crippen LogP contribution is 2.23. The topological polar surface area (TPSA) is 54.7 Å². The molecule has 0 aromatic carbocycles. The summed E-state index contributed by atoms with van der Waals surface area (Å²) in [5, 5.41) is 0. The summed E-state index contributed by atoms with van der Waals surface area (Å²) in [6.45, 7) is 3.87. The van der Waals surface area contributed by atoms with Gasteiger partial charge >= 0.3 is 0 Å². The van der Waals surface area contributed by atoms with Crippen LogP contribution in [-0.4, -0.2) is 15.0 Å². The van der Waals surface area contributed by atoms with Crippen LogP contribution in [0.25, 0.3) is 22.6 Å². The second-order valence-electron chi connectivity index (χ2n) is 3.80. The van der Waals surface area contributed by atoms with Crippen LogP contribution in [0, 0.1) is 13.8 Å². The van der Waals surface area contributed by atoms with E-state index in [1.807, 2.05) is 32.0 Å². The van der Waals surface area contributed by atoms with Crippen molar-refractivity contribution in [2.75, 3.05) is 0 Å². The molecule has 16 heavy (non-hydrogen) atoms. The molecular formula is C12H11N3O. The Kier molecular flexibility index (Phi) is 1.83. The smallest absolute Gasteiger partial charge is 0.178 e. The second-order valence-corrected chi connectivity index (χ2v) is 3.80. The van der Waals surface area contributed by atoms with E-state index in [2.05, 4.69) is 15.0 Å². The molecule has 0 aliphatic heterocycles. The number of rotatable bonds is 1. The maximum Gasteiger partial charge on any atom is 0.178 e. The van der Waals surface area contributed by atoms with Gasteiger partial charge in [-0.3, -0.25) is 0 Å². The molecule has 0 aliphatic rings. The van der Waals surface area contributed by atoms with E-state index in [0.717, 1.165) is 34.0 Å². The van der Waals surface area contributed by atoms with Gasteiger partial charge in [-0.2, -0.15) is 0 Å². The van der Waals surface area contributed by atoms with Crippen molar-refractivity contribution in [1.82, 2.24) is 15.0 Å². The summed E-state index contributed by atoms with van der Waals surface area (Å²) >= 11 is 0. The minimum absolute atomic E-state index is 0.746. The number of fused-ring (bicyclic) bond motifs is 1. The minimum atomic E-state index is 0.746. The molecular weight excluding hydrogens is 202 g/mol. The van der Waals surface area contributed by atoms with Crippen molar-refractivity contribution in [3.8, 4) is 11.4 Å². The summed E-state index contributed by atoms with van der Waals surface area (Å²) < 4.78 is 5.26. The van der Waals surface area contributed by atoms with Crippen molar-refractivity contribution in [2.45, 2.75) is 13.8 Å². The second kappa shape index (κ2) is 3.20. The fraction of sp³-hybridized carbons (Fsp3) is 0.167. The number of nitrogens with one attached hydrogen (secondary N) is 1. The van der Waals surface area contributed by atoms with Crippen LogP contribution in [-0.2, 0) is 0 Å². The third-order valence-electron chi connectivity index (χ3n) is 2.60. The first-order valence-corrected chi connectivity index (χ1v) is 5.12. The molecule has 0 fully saturated rings. The third-order valence-corrected chi connectivity index (χ3v) is 2.60. The van der Waals surface area contributed by atoms with Crippen LogP contribution in [0.4, 0.5) is 0 Å². The maximum atomic E-state index is 5.26. The number of aromatic amines is 1. The van der Waals surface area contributed by atoms with Crippen LogP contribution in [0.2, 0.25) is 0 Å². The Bertz CT molecular complexity index is 651. The van der Waals surface area contributed by atoms with E-state index in [4.69, 9.17) is 4.42 Å². The molecule has 1 N–H and O–H groups in total. The Morgan fingerprint density at radius 3 is 2.75 bits per heavy atom. The van der Waals surface area contributed by atoms with Crippen LogP contribution >= 0.6 is 0 Å². The first-order chi connectivity index (χ1) is 7.74. The van der Waals surface area contributed by atoms with Gasteiger partial charge in [-0.1, -0.05) is 0 Å². The molecule has 80 valence electrons. The zero-order valence-corrected chi connectivity index (χ0v) is 9.11. The van der Waals surface area contributed by atoms with Gasteiger partial charge < -0.3 is 9.40 Å². The number of aryl methyl sites for hydroxylation is 2. The van der Waals surface area contributed by atoms with Crippen molar-refractivity contribution >= 4 is 11.2 Å². The summed E-state index contributed by atoms with van der Waals surface area (Å²) in [4.78, 5) is 12.0.